The van der Waals surface area contributed by atoms with E-state index < -0.39 is 11.9 Å². The average Bonchev–Trinajstić information content (AvgIpc) is 3.14. The van der Waals surface area contributed by atoms with Gasteiger partial charge in [-0.3, -0.25) is 14.5 Å². The fraction of sp³-hybridized carbons (Fsp3) is 0.148. The molecule has 4 rings (SSSR count). The van der Waals surface area contributed by atoms with Gasteiger partial charge in [0, 0.05) is 4.47 Å². The minimum absolute atomic E-state index is 0.0600. The predicted octanol–water partition coefficient (Wildman–Crippen LogP) is 6.97. The first-order valence-electron chi connectivity index (χ1n) is 11.1. The number of hydrogen-bond acceptors (Lipinski definition) is 7. The molecule has 3 aromatic carbocycles. The smallest absolute Gasteiger partial charge is 0.343 e. The molecule has 1 heterocycles. The van der Waals surface area contributed by atoms with Gasteiger partial charge in [0.15, 0.2) is 11.5 Å². The van der Waals surface area contributed by atoms with Crippen LogP contribution in [0.5, 0.6) is 17.2 Å². The van der Waals surface area contributed by atoms with Gasteiger partial charge in [0.2, 0.25) is 0 Å². The van der Waals surface area contributed by atoms with Gasteiger partial charge < -0.3 is 14.2 Å². The summed E-state index contributed by atoms with van der Waals surface area (Å²) in [6, 6.07) is 17.0. The largest absolute Gasteiger partial charge is 0.497 e. The molecule has 0 aliphatic carbocycles. The third kappa shape index (κ3) is 6.36. The SMILES string of the molecule is CCOc1cc(/C=C2\SC(=O)N(Cc3ccc(Br)cc3)C2=O)cc(Cl)c1OC(=O)c1ccc(OC)cc1. The predicted molar refractivity (Wildman–Crippen MR) is 146 cm³/mol. The van der Waals surface area contributed by atoms with E-state index in [0.29, 0.717) is 16.9 Å². The Morgan fingerprint density at radius 1 is 1.08 bits per heavy atom. The molecule has 0 spiro atoms. The van der Waals surface area contributed by atoms with Crippen molar-refractivity contribution in [3.05, 3.63) is 91.8 Å². The molecule has 1 fully saturated rings. The summed E-state index contributed by atoms with van der Waals surface area (Å²) in [7, 11) is 1.53. The van der Waals surface area contributed by atoms with Crippen LogP contribution in [-0.4, -0.2) is 35.7 Å². The lowest BCUT2D eigenvalue weighted by Crippen LogP contribution is -2.27. The van der Waals surface area contributed by atoms with Crippen LogP contribution in [0.4, 0.5) is 4.79 Å². The molecular weight excluding hydrogens is 582 g/mol. The van der Waals surface area contributed by atoms with Crippen LogP contribution in [0.2, 0.25) is 5.02 Å². The Labute approximate surface area is 231 Å². The molecule has 3 aromatic rings. The Morgan fingerprint density at radius 3 is 2.43 bits per heavy atom. The molecule has 37 heavy (non-hydrogen) atoms. The number of imide groups is 1. The van der Waals surface area contributed by atoms with Crippen molar-refractivity contribution in [2.75, 3.05) is 13.7 Å². The van der Waals surface area contributed by atoms with E-state index in [1.165, 1.54) is 12.0 Å². The Balaban J connectivity index is 1.56. The fourth-order valence-corrected chi connectivity index (χ4v) is 4.83. The second-order valence-electron chi connectivity index (χ2n) is 7.78. The highest BCUT2D eigenvalue weighted by atomic mass is 79.9. The highest BCUT2D eigenvalue weighted by Gasteiger charge is 2.35. The summed E-state index contributed by atoms with van der Waals surface area (Å²) in [4.78, 5) is 39.6. The number of benzene rings is 3. The minimum atomic E-state index is -0.618. The number of esters is 1. The van der Waals surface area contributed by atoms with Crippen LogP contribution in [0.3, 0.4) is 0 Å². The van der Waals surface area contributed by atoms with E-state index in [4.69, 9.17) is 25.8 Å². The van der Waals surface area contributed by atoms with Crippen molar-refractivity contribution in [3.8, 4) is 17.2 Å². The van der Waals surface area contributed by atoms with E-state index >= 15 is 0 Å². The highest BCUT2D eigenvalue weighted by molar-refractivity contribution is 9.10. The van der Waals surface area contributed by atoms with Gasteiger partial charge in [-0.15, -0.1) is 0 Å². The maximum Gasteiger partial charge on any atom is 0.343 e. The number of nitrogens with zero attached hydrogens (tertiary/aromatic N) is 1. The van der Waals surface area contributed by atoms with E-state index in [1.54, 1.807) is 49.4 Å². The molecule has 0 bridgehead atoms. The number of ether oxygens (including phenoxy) is 3. The van der Waals surface area contributed by atoms with Crippen molar-refractivity contribution in [1.29, 1.82) is 0 Å². The van der Waals surface area contributed by atoms with Gasteiger partial charge in [-0.25, -0.2) is 4.79 Å². The maximum atomic E-state index is 13.0. The van der Waals surface area contributed by atoms with Crippen molar-refractivity contribution in [3.63, 3.8) is 0 Å². The summed E-state index contributed by atoms with van der Waals surface area (Å²) in [6.45, 7) is 2.24. The Bertz CT molecular complexity index is 1370. The second kappa shape index (κ2) is 11.9. The zero-order chi connectivity index (χ0) is 26.5. The van der Waals surface area contributed by atoms with Crippen LogP contribution in [0.25, 0.3) is 6.08 Å². The van der Waals surface area contributed by atoms with Crippen molar-refractivity contribution < 1.29 is 28.6 Å². The van der Waals surface area contributed by atoms with Crippen LogP contribution in [-0.2, 0) is 11.3 Å². The van der Waals surface area contributed by atoms with Gasteiger partial charge >= 0.3 is 5.97 Å². The number of methoxy groups -OCH3 is 1. The first-order chi connectivity index (χ1) is 17.8. The molecule has 0 unspecified atom stereocenters. The molecule has 0 radical (unpaired) electrons. The van der Waals surface area contributed by atoms with Gasteiger partial charge in [-0.1, -0.05) is 39.7 Å². The van der Waals surface area contributed by atoms with Crippen molar-refractivity contribution in [2.45, 2.75) is 13.5 Å². The second-order valence-corrected chi connectivity index (χ2v) is 10.1. The van der Waals surface area contributed by atoms with Crippen LogP contribution in [0, 0.1) is 0 Å². The maximum absolute atomic E-state index is 13.0. The molecule has 190 valence electrons. The van der Waals surface area contributed by atoms with Crippen molar-refractivity contribution >= 4 is 62.5 Å². The van der Waals surface area contributed by atoms with E-state index in [-0.39, 0.29) is 39.8 Å². The first kappa shape index (κ1) is 26.8. The van der Waals surface area contributed by atoms with Gasteiger partial charge in [0.05, 0.1) is 35.8 Å². The highest BCUT2D eigenvalue weighted by Crippen LogP contribution is 2.40. The van der Waals surface area contributed by atoms with E-state index in [2.05, 4.69) is 15.9 Å². The summed E-state index contributed by atoms with van der Waals surface area (Å²) in [5.74, 6) is -0.119. The van der Waals surface area contributed by atoms with Crippen LogP contribution < -0.4 is 14.2 Å². The van der Waals surface area contributed by atoms with E-state index in [9.17, 15) is 14.4 Å². The van der Waals surface area contributed by atoms with E-state index in [0.717, 1.165) is 21.8 Å². The Kier molecular flexibility index (Phi) is 8.58. The van der Waals surface area contributed by atoms with Gasteiger partial charge in [0.1, 0.15) is 5.75 Å². The average molecular weight is 603 g/mol. The number of hydrogen-bond donors (Lipinski definition) is 0. The lowest BCUT2D eigenvalue weighted by atomic mass is 10.1. The number of amides is 2. The standard InChI is InChI=1S/C27H21BrClNO6S/c1-3-35-22-13-17(12-21(29)24(22)36-26(32)18-6-10-20(34-2)11-7-18)14-23-25(31)30(27(33)37-23)15-16-4-8-19(28)9-5-16/h4-14H,3,15H2,1-2H3/b23-14-. The molecule has 0 atom stereocenters. The summed E-state index contributed by atoms with van der Waals surface area (Å²) in [6.07, 6.45) is 1.57. The van der Waals surface area contributed by atoms with Crippen LogP contribution >= 0.6 is 39.3 Å². The van der Waals surface area contributed by atoms with Crippen molar-refractivity contribution in [2.24, 2.45) is 0 Å². The summed E-state index contributed by atoms with van der Waals surface area (Å²) < 4.78 is 17.2. The fourth-order valence-electron chi connectivity index (χ4n) is 3.47. The summed E-state index contributed by atoms with van der Waals surface area (Å²) in [5.41, 5.74) is 1.66. The monoisotopic (exact) mass is 601 g/mol. The molecule has 0 N–H and O–H groups in total. The third-order valence-electron chi connectivity index (χ3n) is 5.28. The number of thioether (sulfide) groups is 1. The lowest BCUT2D eigenvalue weighted by Gasteiger charge is -2.14. The zero-order valence-electron chi connectivity index (χ0n) is 19.8. The Morgan fingerprint density at radius 2 is 1.78 bits per heavy atom. The summed E-state index contributed by atoms with van der Waals surface area (Å²) >= 11 is 10.7. The topological polar surface area (TPSA) is 82.1 Å². The Hall–Kier alpha value is -3.27. The number of carbonyl (C=O) groups excluding carboxylic acids is 3. The van der Waals surface area contributed by atoms with Gasteiger partial charge in [-0.2, -0.15) is 0 Å². The molecule has 1 aliphatic heterocycles. The molecule has 10 heteroatoms. The normalized spacial score (nSPS) is 14.3. The first-order valence-corrected chi connectivity index (χ1v) is 13.1. The van der Waals surface area contributed by atoms with Crippen LogP contribution in [0.15, 0.2) is 70.0 Å². The molecule has 1 saturated heterocycles. The quantitative estimate of drug-likeness (QED) is 0.157. The molecular formula is C27H21BrClNO6S. The van der Waals surface area contributed by atoms with Gasteiger partial charge in [-0.05, 0) is 84.4 Å². The lowest BCUT2D eigenvalue weighted by molar-refractivity contribution is -0.123. The van der Waals surface area contributed by atoms with E-state index in [1.807, 2.05) is 24.3 Å². The molecule has 0 aromatic heterocycles. The molecule has 0 saturated carbocycles. The zero-order valence-corrected chi connectivity index (χ0v) is 23.0. The number of halogens is 2. The molecule has 7 nitrogen and oxygen atoms in total. The van der Waals surface area contributed by atoms with Gasteiger partial charge in [0.25, 0.3) is 11.1 Å². The number of rotatable bonds is 8. The van der Waals surface area contributed by atoms with Crippen molar-refractivity contribution in [1.82, 2.24) is 4.90 Å². The minimum Gasteiger partial charge on any atom is -0.497 e. The van der Waals surface area contributed by atoms with Crippen LogP contribution in [0.1, 0.15) is 28.4 Å². The molecule has 2 amide bonds. The summed E-state index contributed by atoms with van der Waals surface area (Å²) in [5, 5.41) is -0.242. The third-order valence-corrected chi connectivity index (χ3v) is 6.99. The molecule has 1 aliphatic rings. The number of carbonyl (C=O) groups is 3.